The summed E-state index contributed by atoms with van der Waals surface area (Å²) in [6.45, 7) is 4.47. The SMILES string of the molecule is C=CCC(C(=O)[O-])(C(C)(O)O)[N+](C)(C)C. The molecule has 0 fully saturated rings. The molecule has 0 aromatic heterocycles. The van der Waals surface area contributed by atoms with E-state index in [1.54, 1.807) is 21.1 Å². The molecule has 0 aliphatic carbocycles. The van der Waals surface area contributed by atoms with Crippen LogP contribution in [0, 0.1) is 0 Å². The number of hydrogen-bond acceptors (Lipinski definition) is 4. The number of carboxylic acid groups (broad SMARTS) is 1. The van der Waals surface area contributed by atoms with Crippen molar-refractivity contribution in [3.8, 4) is 0 Å². The zero-order chi connectivity index (χ0) is 12.5. The fourth-order valence-corrected chi connectivity index (χ4v) is 1.86. The summed E-state index contributed by atoms with van der Waals surface area (Å²) in [5, 5.41) is 30.5. The van der Waals surface area contributed by atoms with E-state index in [0.29, 0.717) is 0 Å². The van der Waals surface area contributed by atoms with Crippen LogP contribution in [0.4, 0.5) is 0 Å². The summed E-state index contributed by atoms with van der Waals surface area (Å²) in [4.78, 5) is 11.2. The Balaban J connectivity index is 5.71. The molecule has 1 atom stereocenters. The molecule has 0 aromatic rings. The highest BCUT2D eigenvalue weighted by atomic mass is 16.5. The molecule has 15 heavy (non-hydrogen) atoms. The summed E-state index contributed by atoms with van der Waals surface area (Å²) >= 11 is 0. The number of likely N-dealkylation sites (N-methyl/N-ethyl adjacent to an activating group) is 1. The van der Waals surface area contributed by atoms with Crippen LogP contribution in [0.25, 0.3) is 0 Å². The number of aliphatic hydroxyl groups is 2. The molecule has 0 radical (unpaired) electrons. The lowest BCUT2D eigenvalue weighted by Gasteiger charge is -2.51. The summed E-state index contributed by atoms with van der Waals surface area (Å²) < 4.78 is -0.176. The Hall–Kier alpha value is -0.910. The van der Waals surface area contributed by atoms with Gasteiger partial charge in [-0.25, -0.2) is 0 Å². The fraction of sp³-hybridized carbons (Fsp3) is 0.700. The Bertz CT molecular complexity index is 246. The molecule has 5 nitrogen and oxygen atoms in total. The Morgan fingerprint density at radius 2 is 1.87 bits per heavy atom. The summed E-state index contributed by atoms with van der Waals surface area (Å²) in [6, 6.07) is 0. The van der Waals surface area contributed by atoms with E-state index >= 15 is 0 Å². The van der Waals surface area contributed by atoms with Gasteiger partial charge in [0.1, 0.15) is 5.97 Å². The molecule has 0 amide bonds. The van der Waals surface area contributed by atoms with E-state index < -0.39 is 17.3 Å². The van der Waals surface area contributed by atoms with Gasteiger partial charge in [0, 0.05) is 6.42 Å². The fourth-order valence-electron chi connectivity index (χ4n) is 1.86. The van der Waals surface area contributed by atoms with Gasteiger partial charge >= 0.3 is 0 Å². The molecule has 0 aliphatic heterocycles. The van der Waals surface area contributed by atoms with Gasteiger partial charge in [-0.2, -0.15) is 0 Å². The highest BCUT2D eigenvalue weighted by molar-refractivity contribution is 5.77. The minimum atomic E-state index is -2.39. The van der Waals surface area contributed by atoms with E-state index in [1.165, 1.54) is 6.08 Å². The van der Waals surface area contributed by atoms with E-state index in [-0.39, 0.29) is 10.9 Å². The van der Waals surface area contributed by atoms with Gasteiger partial charge in [-0.1, -0.05) is 6.08 Å². The molecule has 0 spiro atoms. The first kappa shape index (κ1) is 14.1. The predicted molar refractivity (Wildman–Crippen MR) is 53.4 cm³/mol. The molecule has 0 bridgehead atoms. The normalized spacial score (nSPS) is 16.9. The second kappa shape index (κ2) is 3.92. The van der Waals surface area contributed by atoms with Gasteiger partial charge in [0.15, 0.2) is 5.54 Å². The zero-order valence-corrected chi connectivity index (χ0v) is 9.65. The summed E-state index contributed by atoms with van der Waals surface area (Å²) in [6.07, 6.45) is 1.24. The van der Waals surface area contributed by atoms with Crippen molar-refractivity contribution in [3.05, 3.63) is 12.7 Å². The van der Waals surface area contributed by atoms with Crippen LogP contribution in [0.1, 0.15) is 13.3 Å². The number of quaternary nitrogens is 1. The van der Waals surface area contributed by atoms with Gasteiger partial charge in [-0.15, -0.1) is 6.58 Å². The van der Waals surface area contributed by atoms with Crippen LogP contribution in [0.3, 0.4) is 0 Å². The molecule has 0 heterocycles. The van der Waals surface area contributed by atoms with Crippen LogP contribution in [-0.4, -0.2) is 53.1 Å². The lowest BCUT2D eigenvalue weighted by molar-refractivity contribution is -0.928. The van der Waals surface area contributed by atoms with Crippen LogP contribution in [0.5, 0.6) is 0 Å². The van der Waals surface area contributed by atoms with Crippen LogP contribution < -0.4 is 5.11 Å². The third-order valence-electron chi connectivity index (χ3n) is 2.71. The van der Waals surface area contributed by atoms with Crippen molar-refractivity contribution >= 4 is 5.97 Å². The van der Waals surface area contributed by atoms with Crippen LogP contribution in [0.2, 0.25) is 0 Å². The van der Waals surface area contributed by atoms with Crippen molar-refractivity contribution in [3.63, 3.8) is 0 Å². The molecule has 5 heteroatoms. The maximum Gasteiger partial charge on any atom is 0.222 e. The molecule has 0 aliphatic rings. The number of aliphatic carboxylic acids is 1. The van der Waals surface area contributed by atoms with E-state index in [2.05, 4.69) is 6.58 Å². The molecule has 0 saturated carbocycles. The highest BCUT2D eigenvalue weighted by Gasteiger charge is 2.57. The first-order valence-corrected chi connectivity index (χ1v) is 4.59. The lowest BCUT2D eigenvalue weighted by Crippen LogP contribution is -2.75. The third kappa shape index (κ3) is 2.19. The van der Waals surface area contributed by atoms with Crippen LogP contribution >= 0.6 is 0 Å². The van der Waals surface area contributed by atoms with Crippen LogP contribution in [-0.2, 0) is 4.79 Å². The van der Waals surface area contributed by atoms with E-state index in [1.807, 2.05) is 0 Å². The minimum Gasteiger partial charge on any atom is -0.544 e. The number of nitrogens with zero attached hydrogens (tertiary/aromatic N) is 1. The molecule has 0 saturated heterocycles. The van der Waals surface area contributed by atoms with Crippen LogP contribution in [0.15, 0.2) is 12.7 Å². The topological polar surface area (TPSA) is 80.6 Å². The smallest absolute Gasteiger partial charge is 0.222 e. The maximum absolute atomic E-state index is 11.2. The quantitative estimate of drug-likeness (QED) is 0.332. The van der Waals surface area contributed by atoms with Gasteiger partial charge in [0.25, 0.3) is 0 Å². The Labute approximate surface area is 89.8 Å². The Kier molecular flexibility index (Phi) is 3.68. The minimum absolute atomic E-state index is 0.0949. The monoisotopic (exact) mass is 217 g/mol. The summed E-state index contributed by atoms with van der Waals surface area (Å²) in [5.41, 5.74) is -1.84. The molecular formula is C10H19NO4. The van der Waals surface area contributed by atoms with Crippen molar-refractivity contribution in [1.82, 2.24) is 0 Å². The predicted octanol–water partition coefficient (Wildman–Crippen LogP) is -1.54. The molecule has 0 rings (SSSR count). The van der Waals surface area contributed by atoms with Crippen molar-refractivity contribution in [1.29, 1.82) is 0 Å². The summed E-state index contributed by atoms with van der Waals surface area (Å²) in [7, 11) is 4.68. The average molecular weight is 217 g/mol. The molecule has 88 valence electrons. The Morgan fingerprint density at radius 1 is 1.47 bits per heavy atom. The van der Waals surface area contributed by atoms with Gasteiger partial charge in [-0.05, 0) is 6.92 Å². The van der Waals surface area contributed by atoms with Crippen molar-refractivity contribution in [2.24, 2.45) is 0 Å². The molecule has 2 N–H and O–H groups in total. The lowest BCUT2D eigenvalue weighted by atomic mass is 9.83. The van der Waals surface area contributed by atoms with E-state index in [9.17, 15) is 20.1 Å². The number of hydrogen-bond donors (Lipinski definition) is 2. The van der Waals surface area contributed by atoms with E-state index in [4.69, 9.17) is 0 Å². The third-order valence-corrected chi connectivity index (χ3v) is 2.71. The summed E-state index contributed by atoms with van der Waals surface area (Å²) in [5.74, 6) is -3.90. The van der Waals surface area contributed by atoms with Gasteiger partial charge in [-0.3, -0.25) is 0 Å². The average Bonchev–Trinajstić information content (AvgIpc) is 1.93. The van der Waals surface area contributed by atoms with Gasteiger partial charge in [0.2, 0.25) is 5.79 Å². The van der Waals surface area contributed by atoms with E-state index in [0.717, 1.165) is 6.92 Å². The molecular weight excluding hydrogens is 198 g/mol. The maximum atomic E-state index is 11.2. The highest BCUT2D eigenvalue weighted by Crippen LogP contribution is 2.33. The standard InChI is InChI=1S/C10H19NO4/c1-6-7-10(8(12)13,9(2,14)15)11(3,4)5/h6,14-15H,1,7H2,2-5H3. The number of rotatable bonds is 5. The zero-order valence-electron chi connectivity index (χ0n) is 9.65. The van der Waals surface area contributed by atoms with Crippen molar-refractivity contribution in [2.75, 3.05) is 21.1 Å². The molecule has 1 unspecified atom stereocenters. The first-order chi connectivity index (χ1) is 6.50. The first-order valence-electron chi connectivity index (χ1n) is 4.59. The number of carbonyl (C=O) groups excluding carboxylic acids is 1. The number of carbonyl (C=O) groups is 1. The van der Waals surface area contributed by atoms with Crippen molar-refractivity contribution < 1.29 is 24.6 Å². The van der Waals surface area contributed by atoms with Gasteiger partial charge in [0.05, 0.1) is 21.1 Å². The number of carboxylic acids is 1. The van der Waals surface area contributed by atoms with Gasteiger partial charge < -0.3 is 24.6 Å². The van der Waals surface area contributed by atoms with Crippen molar-refractivity contribution in [2.45, 2.75) is 24.7 Å². The molecule has 0 aromatic carbocycles. The second-order valence-corrected chi connectivity index (χ2v) is 4.67. The largest absolute Gasteiger partial charge is 0.544 e. The Morgan fingerprint density at radius 3 is 1.93 bits per heavy atom. The second-order valence-electron chi connectivity index (χ2n) is 4.67.